The van der Waals surface area contributed by atoms with Crippen LogP contribution in [0, 0.1) is 0 Å². The van der Waals surface area contributed by atoms with Crippen LogP contribution >= 0.6 is 0 Å². The number of carboxylic acids is 1. The Hall–Kier alpha value is -3.38. The summed E-state index contributed by atoms with van der Waals surface area (Å²) in [7, 11) is 2.12. The summed E-state index contributed by atoms with van der Waals surface area (Å²) >= 11 is 0. The number of carbonyl (C=O) groups is 1. The molecule has 6 heteroatoms. The molecule has 3 aromatic rings. The van der Waals surface area contributed by atoms with Crippen molar-refractivity contribution >= 4 is 23.0 Å². The normalized spacial score (nSPS) is 17.7. The molecular formula is C27H30N4O2. The largest absolute Gasteiger partial charge is 0.478 e. The van der Waals surface area contributed by atoms with Gasteiger partial charge in [-0.05, 0) is 78.7 Å². The molecule has 0 radical (unpaired) electrons. The topological polar surface area (TPSA) is 77.5 Å². The molecule has 6 nitrogen and oxygen atoms in total. The van der Waals surface area contributed by atoms with E-state index in [1.54, 1.807) is 6.20 Å². The number of pyridine rings is 1. The van der Waals surface area contributed by atoms with Gasteiger partial charge in [0, 0.05) is 37.2 Å². The minimum absolute atomic E-state index is 0.108. The van der Waals surface area contributed by atoms with Crippen molar-refractivity contribution in [1.82, 2.24) is 10.3 Å². The van der Waals surface area contributed by atoms with E-state index in [1.807, 2.05) is 0 Å². The van der Waals surface area contributed by atoms with Crippen LogP contribution in [0.25, 0.3) is 0 Å². The van der Waals surface area contributed by atoms with E-state index in [0.717, 1.165) is 18.9 Å². The molecule has 0 amide bonds. The second kappa shape index (κ2) is 9.24. The molecule has 1 aliphatic carbocycles. The quantitative estimate of drug-likeness (QED) is 0.472. The molecule has 2 aromatic carbocycles. The second-order valence-electron chi connectivity index (χ2n) is 9.03. The lowest BCUT2D eigenvalue weighted by Crippen LogP contribution is -2.34. The maximum Gasteiger partial charge on any atom is 0.337 e. The molecule has 170 valence electrons. The number of hydrogen-bond acceptors (Lipinski definition) is 5. The highest BCUT2D eigenvalue weighted by molar-refractivity contribution is 5.93. The first-order chi connectivity index (χ1) is 16.1. The SMILES string of the molecule is CN(c1ccc(C2CCC2)cc1)c1ccc2c(c1)CCN[C@H]2CNc1cnccc1C(=O)O. The summed E-state index contributed by atoms with van der Waals surface area (Å²) in [6.45, 7) is 1.48. The van der Waals surface area contributed by atoms with Crippen molar-refractivity contribution in [2.45, 2.75) is 37.6 Å². The molecule has 2 heterocycles. The lowest BCUT2D eigenvalue weighted by molar-refractivity contribution is 0.0697. The van der Waals surface area contributed by atoms with Gasteiger partial charge in [-0.2, -0.15) is 0 Å². The summed E-state index contributed by atoms with van der Waals surface area (Å²) in [6, 6.07) is 17.3. The Morgan fingerprint density at radius 1 is 1.15 bits per heavy atom. The average molecular weight is 443 g/mol. The summed E-state index contributed by atoms with van der Waals surface area (Å²) < 4.78 is 0. The van der Waals surface area contributed by atoms with Crippen LogP contribution in [0.1, 0.15) is 58.3 Å². The Morgan fingerprint density at radius 3 is 2.67 bits per heavy atom. The fourth-order valence-electron chi connectivity index (χ4n) is 4.82. The van der Waals surface area contributed by atoms with E-state index in [9.17, 15) is 9.90 Å². The van der Waals surface area contributed by atoms with Crippen molar-refractivity contribution in [1.29, 1.82) is 0 Å². The molecule has 5 rings (SSSR count). The summed E-state index contributed by atoms with van der Waals surface area (Å²) in [5.74, 6) is -0.199. The fraction of sp³-hybridized carbons (Fsp3) is 0.333. The molecule has 1 fully saturated rings. The van der Waals surface area contributed by atoms with E-state index < -0.39 is 5.97 Å². The monoisotopic (exact) mass is 442 g/mol. The maximum atomic E-state index is 11.5. The highest BCUT2D eigenvalue weighted by Gasteiger charge is 2.22. The van der Waals surface area contributed by atoms with E-state index in [-0.39, 0.29) is 11.6 Å². The third-order valence-electron chi connectivity index (χ3n) is 7.08. The Kier molecular flexibility index (Phi) is 6.01. The van der Waals surface area contributed by atoms with E-state index in [4.69, 9.17) is 0 Å². The van der Waals surface area contributed by atoms with Crippen LogP contribution in [0.5, 0.6) is 0 Å². The molecule has 1 saturated carbocycles. The second-order valence-corrected chi connectivity index (χ2v) is 9.03. The summed E-state index contributed by atoms with van der Waals surface area (Å²) in [6.07, 6.45) is 8.05. The van der Waals surface area contributed by atoms with Crippen LogP contribution in [0.4, 0.5) is 17.1 Å². The van der Waals surface area contributed by atoms with Crippen LogP contribution < -0.4 is 15.5 Å². The summed E-state index contributed by atoms with van der Waals surface area (Å²) in [4.78, 5) is 17.8. The first-order valence-electron chi connectivity index (χ1n) is 11.7. The van der Waals surface area contributed by atoms with Gasteiger partial charge < -0.3 is 20.6 Å². The molecular weight excluding hydrogens is 412 g/mol. The number of fused-ring (bicyclic) bond motifs is 1. The van der Waals surface area contributed by atoms with Crippen LogP contribution in [-0.4, -0.2) is 36.2 Å². The van der Waals surface area contributed by atoms with E-state index in [1.165, 1.54) is 59.6 Å². The standard InChI is InChI=1S/C27H30N4O2/c1-31(21-7-5-19(6-8-21)18-3-2-4-18)22-9-10-23-20(15-22)11-14-29-26(23)17-30-25-16-28-13-12-24(25)27(32)33/h5-10,12-13,15-16,18,26,29-30H,2-4,11,14,17H2,1H3,(H,32,33)/t26-/m0/s1. The fourth-order valence-corrected chi connectivity index (χ4v) is 4.82. The van der Waals surface area contributed by atoms with Crippen LogP contribution in [0.3, 0.4) is 0 Å². The van der Waals surface area contributed by atoms with Crippen molar-refractivity contribution in [3.8, 4) is 0 Å². The van der Waals surface area contributed by atoms with Gasteiger partial charge in [0.2, 0.25) is 0 Å². The van der Waals surface area contributed by atoms with E-state index in [2.05, 4.69) is 70.0 Å². The molecule has 1 atom stereocenters. The highest BCUT2D eigenvalue weighted by Crippen LogP contribution is 2.37. The molecule has 0 spiro atoms. The van der Waals surface area contributed by atoms with Crippen LogP contribution in [0.2, 0.25) is 0 Å². The summed E-state index contributed by atoms with van der Waals surface area (Å²) in [5, 5.41) is 16.2. The first kappa shape index (κ1) is 21.5. The number of carboxylic acid groups (broad SMARTS) is 1. The Morgan fingerprint density at radius 2 is 1.94 bits per heavy atom. The number of nitrogens with zero attached hydrogens (tertiary/aromatic N) is 2. The zero-order valence-corrected chi connectivity index (χ0v) is 18.9. The van der Waals surface area contributed by atoms with Gasteiger partial charge in [0.05, 0.1) is 17.4 Å². The smallest absolute Gasteiger partial charge is 0.337 e. The lowest BCUT2D eigenvalue weighted by Gasteiger charge is -2.30. The Labute approximate surface area is 194 Å². The van der Waals surface area contributed by atoms with Crippen molar-refractivity contribution in [2.24, 2.45) is 0 Å². The van der Waals surface area contributed by atoms with Gasteiger partial charge in [-0.3, -0.25) is 4.98 Å². The molecule has 0 unspecified atom stereocenters. The van der Waals surface area contributed by atoms with Gasteiger partial charge in [0.25, 0.3) is 0 Å². The highest BCUT2D eigenvalue weighted by atomic mass is 16.4. The number of rotatable bonds is 7. The van der Waals surface area contributed by atoms with Gasteiger partial charge in [-0.25, -0.2) is 4.79 Å². The van der Waals surface area contributed by atoms with Gasteiger partial charge in [-0.15, -0.1) is 0 Å². The molecule has 3 N–H and O–H groups in total. The molecule has 2 aliphatic rings. The van der Waals surface area contributed by atoms with Crippen molar-refractivity contribution in [2.75, 3.05) is 30.4 Å². The maximum absolute atomic E-state index is 11.5. The Bertz CT molecular complexity index is 1140. The predicted molar refractivity (Wildman–Crippen MR) is 132 cm³/mol. The number of nitrogens with one attached hydrogen (secondary N) is 2. The molecule has 1 aromatic heterocycles. The third-order valence-corrected chi connectivity index (χ3v) is 7.08. The van der Waals surface area contributed by atoms with Gasteiger partial charge in [0.15, 0.2) is 0 Å². The van der Waals surface area contributed by atoms with Gasteiger partial charge in [0.1, 0.15) is 0 Å². The van der Waals surface area contributed by atoms with Crippen molar-refractivity contribution < 1.29 is 9.90 Å². The van der Waals surface area contributed by atoms with Crippen LogP contribution in [0.15, 0.2) is 60.9 Å². The molecule has 0 saturated heterocycles. The number of aromatic carboxylic acids is 1. The average Bonchev–Trinajstić information content (AvgIpc) is 2.81. The number of aromatic nitrogens is 1. The zero-order valence-electron chi connectivity index (χ0n) is 18.9. The first-order valence-corrected chi connectivity index (χ1v) is 11.7. The minimum atomic E-state index is -0.953. The summed E-state index contributed by atoms with van der Waals surface area (Å²) in [5.41, 5.74) is 7.21. The van der Waals surface area contributed by atoms with E-state index in [0.29, 0.717) is 12.2 Å². The Balaban J connectivity index is 1.30. The third kappa shape index (κ3) is 4.44. The number of anilines is 3. The van der Waals surface area contributed by atoms with Crippen molar-refractivity contribution in [3.05, 3.63) is 83.2 Å². The zero-order chi connectivity index (χ0) is 22.8. The van der Waals surface area contributed by atoms with Crippen molar-refractivity contribution in [3.63, 3.8) is 0 Å². The van der Waals surface area contributed by atoms with Crippen LogP contribution in [-0.2, 0) is 6.42 Å². The molecule has 0 bridgehead atoms. The van der Waals surface area contributed by atoms with Gasteiger partial charge >= 0.3 is 5.97 Å². The molecule has 33 heavy (non-hydrogen) atoms. The minimum Gasteiger partial charge on any atom is -0.478 e. The number of benzene rings is 2. The molecule has 1 aliphatic heterocycles. The predicted octanol–water partition coefficient (Wildman–Crippen LogP) is 5.11. The van der Waals surface area contributed by atoms with Gasteiger partial charge in [-0.1, -0.05) is 24.6 Å². The number of hydrogen-bond donors (Lipinski definition) is 3. The lowest BCUT2D eigenvalue weighted by atomic mass is 9.80. The van der Waals surface area contributed by atoms with E-state index >= 15 is 0 Å².